The molecule has 2 aromatic rings. The van der Waals surface area contributed by atoms with Crippen molar-refractivity contribution in [3.63, 3.8) is 0 Å². The fraction of sp³-hybridized carbons (Fsp3) is 0.350. The van der Waals surface area contributed by atoms with Gasteiger partial charge in [0.25, 0.3) is 0 Å². The van der Waals surface area contributed by atoms with Crippen molar-refractivity contribution < 1.29 is 19.8 Å². The summed E-state index contributed by atoms with van der Waals surface area (Å²) in [5, 5.41) is 24.1. The molecule has 1 aromatic heterocycles. The summed E-state index contributed by atoms with van der Waals surface area (Å²) in [7, 11) is 0. The molecule has 1 heterocycles. The fourth-order valence-corrected chi connectivity index (χ4v) is 2.78. The normalized spacial score (nSPS) is 12.8. The monoisotopic (exact) mass is 371 g/mol. The summed E-state index contributed by atoms with van der Waals surface area (Å²) in [5.41, 5.74) is 1.86. The zero-order valence-electron chi connectivity index (χ0n) is 15.0. The van der Waals surface area contributed by atoms with E-state index in [1.807, 2.05) is 36.4 Å². The van der Waals surface area contributed by atoms with E-state index in [-0.39, 0.29) is 37.6 Å². The minimum absolute atomic E-state index is 0.0211. The summed E-state index contributed by atoms with van der Waals surface area (Å²) in [4.78, 5) is 27.2. The number of aromatic nitrogens is 1. The molecule has 0 spiro atoms. The first kappa shape index (κ1) is 20.4. The van der Waals surface area contributed by atoms with Gasteiger partial charge in [-0.3, -0.25) is 9.78 Å². The van der Waals surface area contributed by atoms with E-state index >= 15 is 0 Å². The molecule has 4 N–H and O–H groups in total. The Morgan fingerprint density at radius 2 is 1.89 bits per heavy atom. The molecular weight excluding hydrogens is 346 g/mol. The van der Waals surface area contributed by atoms with Crippen LogP contribution in [0.5, 0.6) is 0 Å². The lowest BCUT2D eigenvalue weighted by Gasteiger charge is -2.20. The van der Waals surface area contributed by atoms with Crippen LogP contribution in [0.25, 0.3) is 0 Å². The van der Waals surface area contributed by atoms with E-state index in [4.69, 9.17) is 5.11 Å². The molecule has 2 rings (SSSR count). The fourth-order valence-electron chi connectivity index (χ4n) is 2.78. The SMILES string of the molecule is O=C(O)CCC(Cc1ccccc1)NC(=O)NCC(CO)c1cccnc1. The van der Waals surface area contributed by atoms with Crippen LogP contribution in [0.3, 0.4) is 0 Å². The van der Waals surface area contributed by atoms with Crippen molar-refractivity contribution >= 4 is 12.0 Å². The number of carboxylic acids is 1. The second-order valence-electron chi connectivity index (χ2n) is 6.34. The van der Waals surface area contributed by atoms with Crippen LogP contribution >= 0.6 is 0 Å². The maximum atomic E-state index is 12.3. The second-order valence-corrected chi connectivity index (χ2v) is 6.34. The Balaban J connectivity index is 1.90. The average molecular weight is 371 g/mol. The molecule has 0 aliphatic carbocycles. The largest absolute Gasteiger partial charge is 0.481 e. The van der Waals surface area contributed by atoms with E-state index in [9.17, 15) is 14.7 Å². The van der Waals surface area contributed by atoms with Crippen LogP contribution in [0.2, 0.25) is 0 Å². The molecule has 0 bridgehead atoms. The standard InChI is InChI=1S/C20H25N3O4/c24-14-17(16-7-4-10-21-12-16)13-22-20(27)23-18(8-9-19(25)26)11-15-5-2-1-3-6-15/h1-7,10,12,17-18,24H,8-9,11,13-14H2,(H,25,26)(H2,22,23,27). The van der Waals surface area contributed by atoms with Crippen LogP contribution < -0.4 is 10.6 Å². The first-order chi connectivity index (χ1) is 13.1. The van der Waals surface area contributed by atoms with Gasteiger partial charge in [0.1, 0.15) is 0 Å². The Morgan fingerprint density at radius 3 is 2.52 bits per heavy atom. The van der Waals surface area contributed by atoms with Crippen molar-refractivity contribution in [3.05, 3.63) is 66.0 Å². The number of urea groups is 1. The summed E-state index contributed by atoms with van der Waals surface area (Å²) in [5.74, 6) is -1.15. The molecule has 2 atom stereocenters. The molecule has 0 saturated carbocycles. The number of hydrogen-bond acceptors (Lipinski definition) is 4. The highest BCUT2D eigenvalue weighted by Gasteiger charge is 2.16. The van der Waals surface area contributed by atoms with Crippen molar-refractivity contribution in [2.24, 2.45) is 0 Å². The van der Waals surface area contributed by atoms with Crippen molar-refractivity contribution in [2.75, 3.05) is 13.2 Å². The van der Waals surface area contributed by atoms with Gasteiger partial charge in [-0.05, 0) is 30.0 Å². The van der Waals surface area contributed by atoms with Gasteiger partial charge in [0.2, 0.25) is 0 Å². The Hall–Kier alpha value is -2.93. The molecule has 0 aliphatic heterocycles. The third-order valence-corrected chi connectivity index (χ3v) is 4.25. The number of carbonyl (C=O) groups excluding carboxylic acids is 1. The van der Waals surface area contributed by atoms with Gasteiger partial charge in [-0.2, -0.15) is 0 Å². The van der Waals surface area contributed by atoms with Crippen molar-refractivity contribution in [2.45, 2.75) is 31.2 Å². The zero-order valence-corrected chi connectivity index (χ0v) is 15.0. The molecular formula is C20H25N3O4. The number of carboxylic acid groups (broad SMARTS) is 1. The van der Waals surface area contributed by atoms with Crippen LogP contribution in [0.1, 0.15) is 29.9 Å². The molecule has 0 radical (unpaired) electrons. The van der Waals surface area contributed by atoms with Crippen molar-refractivity contribution in [3.8, 4) is 0 Å². The van der Waals surface area contributed by atoms with Gasteiger partial charge in [0, 0.05) is 37.3 Å². The lowest BCUT2D eigenvalue weighted by molar-refractivity contribution is -0.137. The van der Waals surface area contributed by atoms with E-state index < -0.39 is 5.97 Å². The molecule has 144 valence electrons. The second kappa shape index (κ2) is 10.9. The van der Waals surface area contributed by atoms with Gasteiger partial charge >= 0.3 is 12.0 Å². The smallest absolute Gasteiger partial charge is 0.315 e. The number of carbonyl (C=O) groups is 2. The molecule has 2 unspecified atom stereocenters. The zero-order chi connectivity index (χ0) is 19.5. The highest BCUT2D eigenvalue weighted by atomic mass is 16.4. The van der Waals surface area contributed by atoms with Crippen LogP contribution in [-0.4, -0.2) is 46.4 Å². The number of amides is 2. The maximum absolute atomic E-state index is 12.3. The van der Waals surface area contributed by atoms with Gasteiger partial charge in [0.15, 0.2) is 0 Å². The highest BCUT2D eigenvalue weighted by molar-refractivity contribution is 5.74. The summed E-state index contributed by atoms with van der Waals surface area (Å²) in [6, 6.07) is 12.5. The summed E-state index contributed by atoms with van der Waals surface area (Å²) in [6.07, 6.45) is 4.17. The molecule has 2 amide bonds. The number of aliphatic hydroxyl groups excluding tert-OH is 1. The molecule has 27 heavy (non-hydrogen) atoms. The van der Waals surface area contributed by atoms with Crippen LogP contribution in [0.4, 0.5) is 4.79 Å². The minimum atomic E-state index is -0.896. The van der Waals surface area contributed by atoms with Crippen LogP contribution in [0.15, 0.2) is 54.9 Å². The lowest BCUT2D eigenvalue weighted by atomic mass is 10.0. The summed E-state index contributed by atoms with van der Waals surface area (Å²) in [6.45, 7) is 0.142. The summed E-state index contributed by atoms with van der Waals surface area (Å²) >= 11 is 0. The number of hydrogen-bond donors (Lipinski definition) is 4. The van der Waals surface area contributed by atoms with E-state index in [1.165, 1.54) is 0 Å². The first-order valence-corrected chi connectivity index (χ1v) is 8.89. The Morgan fingerprint density at radius 1 is 1.11 bits per heavy atom. The maximum Gasteiger partial charge on any atom is 0.315 e. The van der Waals surface area contributed by atoms with Gasteiger partial charge < -0.3 is 20.8 Å². The Labute approximate surface area is 158 Å². The van der Waals surface area contributed by atoms with E-state index in [0.29, 0.717) is 12.8 Å². The third kappa shape index (κ3) is 7.45. The van der Waals surface area contributed by atoms with Crippen molar-refractivity contribution in [1.29, 1.82) is 0 Å². The molecule has 7 heteroatoms. The number of pyridine rings is 1. The van der Waals surface area contributed by atoms with E-state index in [0.717, 1.165) is 11.1 Å². The number of benzene rings is 1. The predicted octanol–water partition coefficient (Wildman–Crippen LogP) is 1.93. The molecule has 0 saturated heterocycles. The minimum Gasteiger partial charge on any atom is -0.481 e. The van der Waals surface area contributed by atoms with E-state index in [1.54, 1.807) is 18.5 Å². The number of rotatable bonds is 10. The Bertz CT molecular complexity index is 710. The Kier molecular flexibility index (Phi) is 8.25. The third-order valence-electron chi connectivity index (χ3n) is 4.25. The summed E-state index contributed by atoms with van der Waals surface area (Å²) < 4.78 is 0. The van der Waals surface area contributed by atoms with Crippen molar-refractivity contribution in [1.82, 2.24) is 15.6 Å². The van der Waals surface area contributed by atoms with Gasteiger partial charge in [-0.15, -0.1) is 0 Å². The van der Waals surface area contributed by atoms with Crippen LogP contribution in [-0.2, 0) is 11.2 Å². The van der Waals surface area contributed by atoms with Gasteiger partial charge in [-0.1, -0.05) is 36.4 Å². The number of aliphatic hydroxyl groups is 1. The number of nitrogens with one attached hydrogen (secondary N) is 2. The first-order valence-electron chi connectivity index (χ1n) is 8.89. The molecule has 7 nitrogen and oxygen atoms in total. The molecule has 1 aromatic carbocycles. The highest BCUT2D eigenvalue weighted by Crippen LogP contribution is 2.12. The lowest BCUT2D eigenvalue weighted by Crippen LogP contribution is -2.44. The van der Waals surface area contributed by atoms with Gasteiger partial charge in [-0.25, -0.2) is 4.79 Å². The average Bonchev–Trinajstić information content (AvgIpc) is 2.68. The topological polar surface area (TPSA) is 112 Å². The van der Waals surface area contributed by atoms with E-state index in [2.05, 4.69) is 15.6 Å². The van der Waals surface area contributed by atoms with Gasteiger partial charge in [0.05, 0.1) is 6.61 Å². The predicted molar refractivity (Wildman–Crippen MR) is 101 cm³/mol. The number of nitrogens with zero attached hydrogens (tertiary/aromatic N) is 1. The molecule has 0 fully saturated rings. The number of aliphatic carboxylic acids is 1. The molecule has 0 aliphatic rings. The van der Waals surface area contributed by atoms with Crippen LogP contribution in [0, 0.1) is 0 Å². The quantitative estimate of drug-likeness (QED) is 0.510.